The van der Waals surface area contributed by atoms with Gasteiger partial charge in [-0.1, -0.05) is 0 Å². The van der Waals surface area contributed by atoms with E-state index in [0.717, 1.165) is 8.66 Å². The highest BCUT2D eigenvalue weighted by Crippen LogP contribution is 2.32. The first-order chi connectivity index (χ1) is 8.11. The highest BCUT2D eigenvalue weighted by molar-refractivity contribution is 9.11. The molecule has 0 amide bonds. The largest absolute Gasteiger partial charge is 0.461 e. The van der Waals surface area contributed by atoms with Crippen LogP contribution in [0.4, 0.5) is 5.88 Å². The lowest BCUT2D eigenvalue weighted by molar-refractivity contribution is 0.0521. The van der Waals surface area contributed by atoms with Gasteiger partial charge in [0.1, 0.15) is 0 Å². The quantitative estimate of drug-likeness (QED) is 0.881. The fourth-order valence-electron chi connectivity index (χ4n) is 1.21. The number of rotatable bonds is 3. The van der Waals surface area contributed by atoms with Crippen LogP contribution < -0.4 is 5.73 Å². The lowest BCUT2D eigenvalue weighted by Crippen LogP contribution is -2.07. The van der Waals surface area contributed by atoms with Gasteiger partial charge in [-0.05, 0) is 35.0 Å². The number of hydrogen-bond donors (Lipinski definition) is 1. The molecule has 0 unspecified atom stereocenters. The summed E-state index contributed by atoms with van der Waals surface area (Å²) in [7, 11) is 0. The second kappa shape index (κ2) is 4.89. The second-order valence-electron chi connectivity index (χ2n) is 3.06. The monoisotopic (exact) mass is 316 g/mol. The Labute approximate surface area is 110 Å². The van der Waals surface area contributed by atoms with Crippen LogP contribution in [0.5, 0.6) is 0 Å². The molecule has 0 saturated carbocycles. The Bertz CT molecular complexity index is 549. The van der Waals surface area contributed by atoms with Gasteiger partial charge in [-0.25, -0.2) is 4.79 Å². The average Bonchev–Trinajstić information content (AvgIpc) is 2.85. The Kier molecular flexibility index (Phi) is 3.49. The second-order valence-corrected chi connectivity index (χ2v) is 5.52. The van der Waals surface area contributed by atoms with Crippen LogP contribution >= 0.6 is 27.3 Å². The molecule has 0 saturated heterocycles. The summed E-state index contributed by atoms with van der Waals surface area (Å²) in [6.07, 6.45) is 0. The van der Waals surface area contributed by atoms with Crippen molar-refractivity contribution in [1.82, 2.24) is 4.98 Å². The van der Waals surface area contributed by atoms with Gasteiger partial charge in [-0.2, -0.15) is 4.98 Å². The maximum Gasteiger partial charge on any atom is 0.362 e. The molecule has 2 N–H and O–H groups in total. The third-order valence-corrected chi connectivity index (χ3v) is 3.52. The van der Waals surface area contributed by atoms with Crippen molar-refractivity contribution in [2.24, 2.45) is 0 Å². The lowest BCUT2D eigenvalue weighted by atomic mass is 10.4. The summed E-state index contributed by atoms with van der Waals surface area (Å²) in [4.78, 5) is 16.3. The van der Waals surface area contributed by atoms with Crippen LogP contribution in [-0.4, -0.2) is 17.6 Å². The number of ether oxygens (including phenoxy) is 1. The topological polar surface area (TPSA) is 78.3 Å². The Morgan fingerprint density at radius 3 is 3.00 bits per heavy atom. The number of carbonyl (C=O) groups is 1. The van der Waals surface area contributed by atoms with Crippen LogP contribution in [0, 0.1) is 0 Å². The number of aromatic nitrogens is 1. The van der Waals surface area contributed by atoms with Crippen molar-refractivity contribution in [3.63, 3.8) is 0 Å². The molecule has 0 fully saturated rings. The lowest BCUT2D eigenvalue weighted by Gasteiger charge is -1.96. The van der Waals surface area contributed by atoms with Gasteiger partial charge in [0.25, 0.3) is 0 Å². The van der Waals surface area contributed by atoms with Crippen LogP contribution in [0.3, 0.4) is 0 Å². The molecule has 0 radical (unpaired) electrons. The van der Waals surface area contributed by atoms with Crippen LogP contribution in [0.2, 0.25) is 0 Å². The van der Waals surface area contributed by atoms with Gasteiger partial charge in [0.05, 0.1) is 15.3 Å². The standard InChI is InChI=1S/C10H9BrN2O3S/c1-2-15-10(14)7-8(12)16-9(13-7)5-3-4-6(11)17-5/h3-4H,2,12H2,1H3. The first-order valence-corrected chi connectivity index (χ1v) is 6.42. The van der Waals surface area contributed by atoms with Crippen molar-refractivity contribution in [1.29, 1.82) is 0 Å². The normalized spacial score (nSPS) is 10.5. The predicted octanol–water partition coefficient (Wildman–Crippen LogP) is 2.92. The SMILES string of the molecule is CCOC(=O)c1nc(-c2ccc(Br)s2)oc1N. The van der Waals surface area contributed by atoms with E-state index in [9.17, 15) is 4.79 Å². The number of carbonyl (C=O) groups excluding carboxylic acids is 1. The van der Waals surface area contributed by atoms with Gasteiger partial charge in [-0.3, -0.25) is 0 Å². The van der Waals surface area contributed by atoms with Crippen molar-refractivity contribution in [3.8, 4) is 10.8 Å². The van der Waals surface area contributed by atoms with Crippen LogP contribution in [-0.2, 0) is 4.74 Å². The summed E-state index contributed by atoms with van der Waals surface area (Å²) >= 11 is 4.78. The minimum Gasteiger partial charge on any atom is -0.461 e. The van der Waals surface area contributed by atoms with Crippen molar-refractivity contribution in [2.75, 3.05) is 12.3 Å². The molecular weight excluding hydrogens is 308 g/mol. The van der Waals surface area contributed by atoms with E-state index in [1.54, 1.807) is 6.92 Å². The van der Waals surface area contributed by atoms with Gasteiger partial charge in [-0.15, -0.1) is 11.3 Å². The maximum absolute atomic E-state index is 11.5. The molecule has 5 nitrogen and oxygen atoms in total. The summed E-state index contributed by atoms with van der Waals surface area (Å²) < 4.78 is 11.0. The highest BCUT2D eigenvalue weighted by atomic mass is 79.9. The Morgan fingerprint density at radius 1 is 1.65 bits per heavy atom. The Balaban J connectivity index is 2.33. The first-order valence-electron chi connectivity index (χ1n) is 4.81. The molecule has 2 aromatic rings. The van der Waals surface area contributed by atoms with Gasteiger partial charge >= 0.3 is 5.97 Å². The minimum atomic E-state index is -0.573. The van der Waals surface area contributed by atoms with Gasteiger partial charge in [0.2, 0.25) is 17.5 Å². The molecule has 90 valence electrons. The van der Waals surface area contributed by atoms with Crippen molar-refractivity contribution in [2.45, 2.75) is 6.92 Å². The number of esters is 1. The van der Waals surface area contributed by atoms with E-state index < -0.39 is 5.97 Å². The van der Waals surface area contributed by atoms with Gasteiger partial charge in [0, 0.05) is 0 Å². The van der Waals surface area contributed by atoms with Crippen molar-refractivity contribution in [3.05, 3.63) is 21.6 Å². The number of nitrogens with zero attached hydrogens (tertiary/aromatic N) is 1. The summed E-state index contributed by atoms with van der Waals surface area (Å²) in [5.41, 5.74) is 5.60. The zero-order chi connectivity index (χ0) is 12.4. The number of anilines is 1. The van der Waals surface area contributed by atoms with E-state index in [2.05, 4.69) is 20.9 Å². The van der Waals surface area contributed by atoms with Crippen molar-refractivity contribution >= 4 is 39.1 Å². The number of halogens is 1. The summed E-state index contributed by atoms with van der Waals surface area (Å²) in [5, 5.41) is 0. The third-order valence-electron chi connectivity index (χ3n) is 1.91. The number of hydrogen-bond acceptors (Lipinski definition) is 6. The minimum absolute atomic E-state index is 0.0198. The third kappa shape index (κ3) is 2.50. The summed E-state index contributed by atoms with van der Waals surface area (Å²) in [6.45, 7) is 1.98. The summed E-state index contributed by atoms with van der Waals surface area (Å²) in [5.74, 6) is -0.278. The number of nitrogens with two attached hydrogens (primary N) is 1. The molecule has 2 rings (SSSR count). The molecule has 0 bridgehead atoms. The molecule has 2 aromatic heterocycles. The molecule has 0 aliphatic heterocycles. The fourth-order valence-corrected chi connectivity index (χ4v) is 2.52. The van der Waals surface area contributed by atoms with Crippen LogP contribution in [0.25, 0.3) is 10.8 Å². The molecule has 0 aliphatic carbocycles. The Morgan fingerprint density at radius 2 is 2.41 bits per heavy atom. The summed E-state index contributed by atoms with van der Waals surface area (Å²) in [6, 6.07) is 3.69. The fraction of sp³-hybridized carbons (Fsp3) is 0.200. The molecule has 17 heavy (non-hydrogen) atoms. The molecule has 0 atom stereocenters. The van der Waals surface area contributed by atoms with E-state index in [4.69, 9.17) is 14.9 Å². The molecule has 0 aliphatic rings. The Hall–Kier alpha value is -1.34. The van der Waals surface area contributed by atoms with E-state index in [0.29, 0.717) is 5.89 Å². The molecule has 0 aromatic carbocycles. The van der Waals surface area contributed by atoms with Crippen LogP contribution in [0.15, 0.2) is 20.3 Å². The average molecular weight is 317 g/mol. The van der Waals surface area contributed by atoms with Gasteiger partial charge < -0.3 is 14.9 Å². The zero-order valence-electron chi connectivity index (χ0n) is 8.90. The predicted molar refractivity (Wildman–Crippen MR) is 67.9 cm³/mol. The van der Waals surface area contributed by atoms with Gasteiger partial charge in [0.15, 0.2) is 0 Å². The molecule has 0 spiro atoms. The van der Waals surface area contributed by atoms with Crippen LogP contribution in [0.1, 0.15) is 17.4 Å². The molecule has 7 heteroatoms. The maximum atomic E-state index is 11.5. The number of nitrogen functional groups attached to an aromatic ring is 1. The van der Waals surface area contributed by atoms with Crippen molar-refractivity contribution < 1.29 is 13.9 Å². The van der Waals surface area contributed by atoms with E-state index >= 15 is 0 Å². The molecule has 2 heterocycles. The smallest absolute Gasteiger partial charge is 0.362 e. The number of oxazole rings is 1. The number of thiophene rings is 1. The van der Waals surface area contributed by atoms with E-state index in [-0.39, 0.29) is 18.2 Å². The highest BCUT2D eigenvalue weighted by Gasteiger charge is 2.20. The molecular formula is C10H9BrN2O3S. The zero-order valence-corrected chi connectivity index (χ0v) is 11.3. The van der Waals surface area contributed by atoms with E-state index in [1.807, 2.05) is 12.1 Å². The first kappa shape index (κ1) is 12.1. The van der Waals surface area contributed by atoms with E-state index in [1.165, 1.54) is 11.3 Å².